The number of hydrogen-bond donors (Lipinski definition) is 2. The third kappa shape index (κ3) is 3.90. The fourth-order valence-electron chi connectivity index (χ4n) is 5.00. The highest BCUT2D eigenvalue weighted by molar-refractivity contribution is 5.93. The van der Waals surface area contributed by atoms with Crippen LogP contribution < -0.4 is 5.32 Å². The van der Waals surface area contributed by atoms with Gasteiger partial charge in [-0.1, -0.05) is 48.5 Å². The molecule has 2 heterocycles. The molecule has 0 aliphatic carbocycles. The van der Waals surface area contributed by atoms with E-state index < -0.39 is 11.8 Å². The number of nitrogens with zero attached hydrogens (tertiary/aromatic N) is 2. The first kappa shape index (κ1) is 22.0. The fraction of sp³-hybridized carbons (Fsp3) is 0.231. The molecule has 8 heteroatoms. The number of urea groups is 1. The molecule has 0 aromatic heterocycles. The standard InChI is InChI=1S/C26H23F2N3O3/c27-18-4-3-5-19(12-18)29-26(34)30-13-22-25(23(15-32)31(22)24(33)14-30)17-10-8-16(9-11-17)20-6-1-2-7-21(20)28/h1-12,22-23,25,32H,13-15H2,(H,29,34)/t22-,23-,25-/m1/s1. The van der Waals surface area contributed by atoms with Crippen LogP contribution in [0, 0.1) is 11.6 Å². The number of aliphatic hydroxyl groups is 1. The summed E-state index contributed by atoms with van der Waals surface area (Å²) in [6.45, 7) is -0.0341. The third-order valence-corrected chi connectivity index (χ3v) is 6.60. The maximum absolute atomic E-state index is 14.1. The molecule has 3 amide bonds. The summed E-state index contributed by atoms with van der Waals surface area (Å²) >= 11 is 0. The molecule has 2 aliphatic heterocycles. The van der Waals surface area contributed by atoms with Crippen molar-refractivity contribution in [2.75, 3.05) is 25.0 Å². The molecule has 0 bridgehead atoms. The van der Waals surface area contributed by atoms with E-state index in [0.29, 0.717) is 11.3 Å². The quantitative estimate of drug-likeness (QED) is 0.618. The van der Waals surface area contributed by atoms with E-state index in [9.17, 15) is 23.5 Å². The van der Waals surface area contributed by atoms with Crippen molar-refractivity contribution in [2.24, 2.45) is 0 Å². The molecule has 0 unspecified atom stereocenters. The first-order chi connectivity index (χ1) is 16.5. The second kappa shape index (κ2) is 8.87. The van der Waals surface area contributed by atoms with Gasteiger partial charge in [-0.05, 0) is 35.4 Å². The monoisotopic (exact) mass is 463 g/mol. The van der Waals surface area contributed by atoms with Gasteiger partial charge < -0.3 is 20.2 Å². The molecule has 34 heavy (non-hydrogen) atoms. The number of halogens is 2. The van der Waals surface area contributed by atoms with Crippen LogP contribution in [0.25, 0.3) is 11.1 Å². The number of aliphatic hydroxyl groups excluding tert-OH is 1. The lowest BCUT2D eigenvalue weighted by atomic mass is 9.73. The molecule has 0 spiro atoms. The molecule has 2 saturated heterocycles. The molecule has 2 aliphatic rings. The average Bonchev–Trinajstić information content (AvgIpc) is 2.81. The van der Waals surface area contributed by atoms with Gasteiger partial charge in [0, 0.05) is 23.7 Å². The van der Waals surface area contributed by atoms with E-state index >= 15 is 0 Å². The van der Waals surface area contributed by atoms with Crippen LogP contribution in [0.1, 0.15) is 11.5 Å². The smallest absolute Gasteiger partial charge is 0.322 e. The van der Waals surface area contributed by atoms with Crippen LogP contribution in [-0.2, 0) is 4.79 Å². The Morgan fingerprint density at radius 2 is 1.79 bits per heavy atom. The molecule has 2 fully saturated rings. The van der Waals surface area contributed by atoms with E-state index in [1.165, 1.54) is 29.2 Å². The summed E-state index contributed by atoms with van der Waals surface area (Å²) in [5, 5.41) is 12.6. The molecule has 3 atom stereocenters. The number of carbonyl (C=O) groups is 2. The summed E-state index contributed by atoms with van der Waals surface area (Å²) in [6, 6.07) is 18.3. The number of benzene rings is 3. The summed E-state index contributed by atoms with van der Waals surface area (Å²) in [5.74, 6) is -1.20. The van der Waals surface area contributed by atoms with Gasteiger partial charge in [-0.3, -0.25) is 4.79 Å². The minimum atomic E-state index is -0.486. The van der Waals surface area contributed by atoms with Crippen LogP contribution in [0.15, 0.2) is 72.8 Å². The largest absolute Gasteiger partial charge is 0.394 e. The van der Waals surface area contributed by atoms with Gasteiger partial charge in [0.2, 0.25) is 5.91 Å². The van der Waals surface area contributed by atoms with Crippen molar-refractivity contribution in [1.82, 2.24) is 9.80 Å². The number of anilines is 1. The van der Waals surface area contributed by atoms with E-state index in [-0.39, 0.29) is 49.4 Å². The predicted octanol–water partition coefficient (Wildman–Crippen LogP) is 3.83. The molecule has 3 aromatic rings. The lowest BCUT2D eigenvalue weighted by Crippen LogP contribution is -2.73. The minimum Gasteiger partial charge on any atom is -0.394 e. The number of rotatable bonds is 4. The molecule has 2 N–H and O–H groups in total. The molecular weight excluding hydrogens is 440 g/mol. The molecule has 0 saturated carbocycles. The van der Waals surface area contributed by atoms with Crippen LogP contribution in [0.2, 0.25) is 0 Å². The zero-order chi connectivity index (χ0) is 23.8. The van der Waals surface area contributed by atoms with Crippen LogP contribution in [-0.4, -0.2) is 58.6 Å². The Morgan fingerprint density at radius 3 is 2.50 bits per heavy atom. The third-order valence-electron chi connectivity index (χ3n) is 6.60. The zero-order valence-corrected chi connectivity index (χ0v) is 18.2. The number of nitrogens with one attached hydrogen (secondary N) is 1. The molecule has 5 rings (SSSR count). The Hall–Kier alpha value is -3.78. The SMILES string of the molecule is O=C(Nc1cccc(F)c1)N1CC(=O)N2[C@H](CO)[C@H](c3ccc(-c4ccccc4F)cc3)[C@H]2C1. The second-order valence-electron chi connectivity index (χ2n) is 8.57. The van der Waals surface area contributed by atoms with E-state index in [0.717, 1.165) is 11.1 Å². The topological polar surface area (TPSA) is 72.9 Å². The van der Waals surface area contributed by atoms with Gasteiger partial charge in [0.15, 0.2) is 0 Å². The Morgan fingerprint density at radius 1 is 1.03 bits per heavy atom. The predicted molar refractivity (Wildman–Crippen MR) is 123 cm³/mol. The van der Waals surface area contributed by atoms with Crippen LogP contribution in [0.3, 0.4) is 0 Å². The second-order valence-corrected chi connectivity index (χ2v) is 8.57. The molecule has 6 nitrogen and oxygen atoms in total. The highest BCUT2D eigenvalue weighted by Crippen LogP contribution is 2.43. The molecule has 174 valence electrons. The van der Waals surface area contributed by atoms with Crippen molar-refractivity contribution in [1.29, 1.82) is 0 Å². The highest BCUT2D eigenvalue weighted by Gasteiger charge is 2.54. The van der Waals surface area contributed by atoms with Crippen molar-refractivity contribution >= 4 is 17.6 Å². The Bertz CT molecular complexity index is 1230. The van der Waals surface area contributed by atoms with Crippen molar-refractivity contribution < 1.29 is 23.5 Å². The number of hydrogen-bond acceptors (Lipinski definition) is 3. The van der Waals surface area contributed by atoms with Crippen molar-refractivity contribution in [2.45, 2.75) is 18.0 Å². The Labute approximate surface area is 195 Å². The highest BCUT2D eigenvalue weighted by atomic mass is 19.1. The van der Waals surface area contributed by atoms with E-state index in [4.69, 9.17) is 0 Å². The number of carbonyl (C=O) groups excluding carboxylic acids is 2. The van der Waals surface area contributed by atoms with Crippen molar-refractivity contribution in [3.8, 4) is 11.1 Å². The Balaban J connectivity index is 1.35. The van der Waals surface area contributed by atoms with Gasteiger partial charge in [0.1, 0.15) is 18.2 Å². The van der Waals surface area contributed by atoms with Gasteiger partial charge in [0.05, 0.1) is 18.7 Å². The van der Waals surface area contributed by atoms with Gasteiger partial charge in [-0.15, -0.1) is 0 Å². The van der Waals surface area contributed by atoms with Gasteiger partial charge >= 0.3 is 6.03 Å². The summed E-state index contributed by atoms with van der Waals surface area (Å²) < 4.78 is 27.6. The summed E-state index contributed by atoms with van der Waals surface area (Å²) in [5.41, 5.74) is 2.44. The molecular formula is C26H23F2N3O3. The van der Waals surface area contributed by atoms with E-state index in [1.54, 1.807) is 29.2 Å². The van der Waals surface area contributed by atoms with Gasteiger partial charge in [0.25, 0.3) is 0 Å². The maximum atomic E-state index is 14.1. The average molecular weight is 463 g/mol. The first-order valence-electron chi connectivity index (χ1n) is 11.0. The summed E-state index contributed by atoms with van der Waals surface area (Å²) in [4.78, 5) is 28.6. The lowest BCUT2D eigenvalue weighted by molar-refractivity contribution is -0.159. The number of fused-ring (bicyclic) bond motifs is 1. The normalized spacial score (nSPS) is 21.6. The first-order valence-corrected chi connectivity index (χ1v) is 11.0. The lowest BCUT2D eigenvalue weighted by Gasteiger charge is -2.58. The van der Waals surface area contributed by atoms with Crippen LogP contribution in [0.5, 0.6) is 0 Å². The minimum absolute atomic E-state index is 0.118. The number of amides is 3. The van der Waals surface area contributed by atoms with Crippen LogP contribution >= 0.6 is 0 Å². The van der Waals surface area contributed by atoms with Crippen molar-refractivity contribution in [3.63, 3.8) is 0 Å². The Kier molecular flexibility index (Phi) is 5.75. The summed E-state index contributed by atoms with van der Waals surface area (Å²) in [6.07, 6.45) is 0. The number of piperazine rings is 1. The maximum Gasteiger partial charge on any atom is 0.322 e. The molecule has 3 aromatic carbocycles. The fourth-order valence-corrected chi connectivity index (χ4v) is 5.00. The van der Waals surface area contributed by atoms with E-state index in [2.05, 4.69) is 5.32 Å². The molecule has 0 radical (unpaired) electrons. The van der Waals surface area contributed by atoms with Crippen molar-refractivity contribution in [3.05, 3.63) is 90.0 Å². The van der Waals surface area contributed by atoms with Gasteiger partial charge in [-0.2, -0.15) is 0 Å². The van der Waals surface area contributed by atoms with Crippen LogP contribution in [0.4, 0.5) is 19.3 Å². The van der Waals surface area contributed by atoms with Gasteiger partial charge in [-0.25, -0.2) is 13.6 Å². The van der Waals surface area contributed by atoms with E-state index in [1.807, 2.05) is 24.3 Å². The summed E-state index contributed by atoms with van der Waals surface area (Å²) in [7, 11) is 0. The zero-order valence-electron chi connectivity index (χ0n) is 18.2.